The molecule has 19 heavy (non-hydrogen) atoms. The summed E-state index contributed by atoms with van der Waals surface area (Å²) in [4.78, 5) is 14.1. The number of hydrogen-bond donors (Lipinski definition) is 1. The molecule has 0 fully saturated rings. The minimum atomic E-state index is 0.164. The van der Waals surface area contributed by atoms with Gasteiger partial charge in [-0.05, 0) is 29.3 Å². The van der Waals surface area contributed by atoms with E-state index in [9.17, 15) is 0 Å². The number of nitrogens with zero attached hydrogens (tertiary/aromatic N) is 4. The number of halogens is 2. The highest BCUT2D eigenvalue weighted by molar-refractivity contribution is 6.30. The zero-order chi connectivity index (χ0) is 13.8. The molecule has 0 unspecified atom stereocenters. The lowest BCUT2D eigenvalue weighted by Crippen LogP contribution is -2.15. The molecule has 1 aromatic heterocycles. The topological polar surface area (TPSA) is 53.9 Å². The fourth-order valence-electron chi connectivity index (χ4n) is 1.40. The molecule has 5 nitrogen and oxygen atoms in total. The highest BCUT2D eigenvalue weighted by Crippen LogP contribution is 2.13. The van der Waals surface area contributed by atoms with Crippen LogP contribution in [0, 0.1) is 0 Å². The predicted octanol–water partition coefficient (Wildman–Crippen LogP) is 2.86. The first-order chi connectivity index (χ1) is 9.04. The van der Waals surface area contributed by atoms with Crippen molar-refractivity contribution in [3.8, 4) is 0 Å². The highest BCUT2D eigenvalue weighted by atomic mass is 35.5. The van der Waals surface area contributed by atoms with Crippen molar-refractivity contribution in [3.63, 3.8) is 0 Å². The molecule has 1 heterocycles. The third kappa shape index (κ3) is 3.94. The molecule has 0 amide bonds. The molecular weight excluding hydrogens is 285 g/mol. The number of hydrogen-bond acceptors (Lipinski definition) is 5. The Kier molecular flexibility index (Phi) is 4.39. The standard InChI is InChI=1S/C12H13Cl2N5/c1-19(2)12-17-10(14)16-11(18-12)15-7-8-3-5-9(13)6-4-8/h3-6H,7H2,1-2H3,(H,15,16,17,18). The van der Waals surface area contributed by atoms with Crippen LogP contribution in [0.4, 0.5) is 11.9 Å². The lowest BCUT2D eigenvalue weighted by Gasteiger charge is -2.11. The summed E-state index contributed by atoms with van der Waals surface area (Å²) in [6, 6.07) is 7.55. The molecule has 0 aliphatic heterocycles. The van der Waals surface area contributed by atoms with Gasteiger partial charge < -0.3 is 10.2 Å². The molecule has 7 heteroatoms. The van der Waals surface area contributed by atoms with E-state index in [1.54, 1.807) is 4.90 Å². The van der Waals surface area contributed by atoms with Gasteiger partial charge in [0.25, 0.3) is 0 Å². The van der Waals surface area contributed by atoms with Crippen molar-refractivity contribution in [1.82, 2.24) is 15.0 Å². The Hall–Kier alpha value is -1.59. The van der Waals surface area contributed by atoms with Crippen molar-refractivity contribution >= 4 is 35.1 Å². The Morgan fingerprint density at radius 2 is 1.74 bits per heavy atom. The van der Waals surface area contributed by atoms with Crippen LogP contribution >= 0.6 is 23.2 Å². The molecule has 0 spiro atoms. The van der Waals surface area contributed by atoms with E-state index in [-0.39, 0.29) is 5.28 Å². The Bertz CT molecular complexity index is 557. The average Bonchev–Trinajstić information content (AvgIpc) is 2.37. The van der Waals surface area contributed by atoms with Gasteiger partial charge in [-0.1, -0.05) is 23.7 Å². The molecule has 0 atom stereocenters. The van der Waals surface area contributed by atoms with Gasteiger partial charge >= 0.3 is 0 Å². The molecular formula is C12H13Cl2N5. The number of aromatic nitrogens is 3. The second-order valence-corrected chi connectivity index (χ2v) is 4.88. The predicted molar refractivity (Wildman–Crippen MR) is 77.9 cm³/mol. The maximum absolute atomic E-state index is 5.85. The van der Waals surface area contributed by atoms with E-state index in [2.05, 4.69) is 20.3 Å². The van der Waals surface area contributed by atoms with Gasteiger partial charge in [0.2, 0.25) is 17.2 Å². The van der Waals surface area contributed by atoms with Crippen molar-refractivity contribution in [2.24, 2.45) is 0 Å². The lowest BCUT2D eigenvalue weighted by atomic mass is 10.2. The van der Waals surface area contributed by atoms with Crippen LogP contribution in [0.2, 0.25) is 10.3 Å². The van der Waals surface area contributed by atoms with Crippen LogP contribution in [-0.2, 0) is 6.54 Å². The van der Waals surface area contributed by atoms with Gasteiger partial charge in [0.15, 0.2) is 0 Å². The monoisotopic (exact) mass is 297 g/mol. The second kappa shape index (κ2) is 6.04. The smallest absolute Gasteiger partial charge is 0.230 e. The van der Waals surface area contributed by atoms with Crippen molar-refractivity contribution in [2.75, 3.05) is 24.3 Å². The summed E-state index contributed by atoms with van der Waals surface area (Å²) in [5.74, 6) is 0.956. The van der Waals surface area contributed by atoms with Crippen molar-refractivity contribution in [1.29, 1.82) is 0 Å². The van der Waals surface area contributed by atoms with E-state index >= 15 is 0 Å². The largest absolute Gasteiger partial charge is 0.350 e. The molecule has 1 N–H and O–H groups in total. The molecule has 0 radical (unpaired) electrons. The summed E-state index contributed by atoms with van der Waals surface area (Å²) in [6.07, 6.45) is 0. The van der Waals surface area contributed by atoms with Crippen LogP contribution in [0.25, 0.3) is 0 Å². The molecule has 0 saturated carbocycles. The van der Waals surface area contributed by atoms with Gasteiger partial charge in [-0.2, -0.15) is 15.0 Å². The summed E-state index contributed by atoms with van der Waals surface area (Å²) in [6.45, 7) is 0.588. The Labute approximate surface area is 121 Å². The third-order valence-corrected chi connectivity index (χ3v) is 2.78. The maximum atomic E-state index is 5.85. The van der Waals surface area contributed by atoms with E-state index in [1.165, 1.54) is 0 Å². The molecule has 2 aromatic rings. The fraction of sp³-hybridized carbons (Fsp3) is 0.250. The van der Waals surface area contributed by atoms with E-state index in [1.807, 2.05) is 38.4 Å². The quantitative estimate of drug-likeness (QED) is 0.940. The van der Waals surface area contributed by atoms with E-state index in [0.29, 0.717) is 23.5 Å². The van der Waals surface area contributed by atoms with Gasteiger partial charge in [0.05, 0.1) is 0 Å². The van der Waals surface area contributed by atoms with Gasteiger partial charge in [0, 0.05) is 25.7 Å². The Morgan fingerprint density at radius 1 is 1.05 bits per heavy atom. The summed E-state index contributed by atoms with van der Waals surface area (Å²) >= 11 is 11.7. The maximum Gasteiger partial charge on any atom is 0.230 e. The summed E-state index contributed by atoms with van der Waals surface area (Å²) in [7, 11) is 3.68. The lowest BCUT2D eigenvalue weighted by molar-refractivity contribution is 0.942. The Balaban J connectivity index is 2.08. The zero-order valence-corrected chi connectivity index (χ0v) is 12.1. The van der Waals surface area contributed by atoms with Gasteiger partial charge in [0.1, 0.15) is 0 Å². The molecule has 0 aliphatic carbocycles. The van der Waals surface area contributed by atoms with Crippen molar-refractivity contribution in [2.45, 2.75) is 6.54 Å². The first-order valence-corrected chi connectivity index (χ1v) is 6.37. The molecule has 100 valence electrons. The second-order valence-electron chi connectivity index (χ2n) is 4.10. The molecule has 0 aliphatic rings. The molecule has 1 aromatic carbocycles. The van der Waals surface area contributed by atoms with E-state index in [4.69, 9.17) is 23.2 Å². The van der Waals surface area contributed by atoms with Crippen LogP contribution in [0.15, 0.2) is 24.3 Å². The normalized spacial score (nSPS) is 10.3. The van der Waals surface area contributed by atoms with Crippen LogP contribution < -0.4 is 10.2 Å². The zero-order valence-electron chi connectivity index (χ0n) is 10.6. The minimum absolute atomic E-state index is 0.164. The number of nitrogens with one attached hydrogen (secondary N) is 1. The van der Waals surface area contributed by atoms with Gasteiger partial charge in [-0.15, -0.1) is 0 Å². The molecule has 0 saturated heterocycles. The number of anilines is 2. The average molecular weight is 298 g/mol. The van der Waals surface area contributed by atoms with Crippen LogP contribution in [-0.4, -0.2) is 29.0 Å². The first kappa shape index (κ1) is 13.8. The number of benzene rings is 1. The molecule has 2 rings (SSSR count). The highest BCUT2D eigenvalue weighted by Gasteiger charge is 2.06. The summed E-state index contributed by atoms with van der Waals surface area (Å²) in [5.41, 5.74) is 1.08. The minimum Gasteiger partial charge on any atom is -0.350 e. The van der Waals surface area contributed by atoms with E-state index in [0.717, 1.165) is 5.56 Å². The van der Waals surface area contributed by atoms with Crippen molar-refractivity contribution in [3.05, 3.63) is 40.1 Å². The van der Waals surface area contributed by atoms with Crippen molar-refractivity contribution < 1.29 is 0 Å². The van der Waals surface area contributed by atoms with Crippen LogP contribution in [0.1, 0.15) is 5.56 Å². The van der Waals surface area contributed by atoms with Gasteiger partial charge in [-0.25, -0.2) is 0 Å². The molecule has 0 bridgehead atoms. The van der Waals surface area contributed by atoms with Crippen LogP contribution in [0.5, 0.6) is 0 Å². The van der Waals surface area contributed by atoms with E-state index < -0.39 is 0 Å². The summed E-state index contributed by atoms with van der Waals surface area (Å²) in [5, 5.41) is 3.97. The Morgan fingerprint density at radius 3 is 2.37 bits per heavy atom. The van der Waals surface area contributed by atoms with Gasteiger partial charge in [-0.3, -0.25) is 0 Å². The van der Waals surface area contributed by atoms with Crippen LogP contribution in [0.3, 0.4) is 0 Å². The third-order valence-electron chi connectivity index (χ3n) is 2.36. The summed E-state index contributed by atoms with van der Waals surface area (Å²) < 4.78 is 0. The fourth-order valence-corrected chi connectivity index (χ4v) is 1.68. The first-order valence-electron chi connectivity index (χ1n) is 5.62. The SMILES string of the molecule is CN(C)c1nc(Cl)nc(NCc2ccc(Cl)cc2)n1. The number of rotatable bonds is 4.